The first kappa shape index (κ1) is 17.6. The lowest BCUT2D eigenvalue weighted by Gasteiger charge is -2.07. The smallest absolute Gasteiger partial charge is 0.229 e. The zero-order valence-corrected chi connectivity index (χ0v) is 15.2. The molecule has 1 heterocycles. The Bertz CT molecular complexity index is 818. The molecule has 7 heteroatoms. The number of aromatic nitrogens is 1. The molecule has 0 atom stereocenters. The highest BCUT2D eigenvalue weighted by Crippen LogP contribution is 2.17. The van der Waals surface area contributed by atoms with Gasteiger partial charge in [0, 0.05) is 10.7 Å². The minimum atomic E-state index is -3.22. The number of anilines is 1. The van der Waals surface area contributed by atoms with E-state index in [4.69, 9.17) is 0 Å². The molecule has 0 bridgehead atoms. The number of carbonyl (C=O) groups excluding carboxylic acids is 1. The number of rotatable bonds is 5. The number of benzene rings is 1. The average Bonchev–Trinajstić information content (AvgIpc) is 2.51. The molecule has 0 radical (unpaired) electrons. The number of nitrogens with one attached hydrogen (secondary N) is 1. The van der Waals surface area contributed by atoms with E-state index in [9.17, 15) is 13.2 Å². The van der Waals surface area contributed by atoms with E-state index < -0.39 is 9.84 Å². The second kappa shape index (κ2) is 7.23. The van der Waals surface area contributed by atoms with E-state index in [0.29, 0.717) is 5.82 Å². The summed E-state index contributed by atoms with van der Waals surface area (Å²) in [6, 6.07) is 8.15. The van der Waals surface area contributed by atoms with Crippen molar-refractivity contribution < 1.29 is 13.2 Å². The molecule has 23 heavy (non-hydrogen) atoms. The van der Waals surface area contributed by atoms with Crippen LogP contribution in [0.1, 0.15) is 18.1 Å². The third-order valence-corrected chi connectivity index (χ3v) is 5.92. The molecule has 1 aromatic heterocycles. The summed E-state index contributed by atoms with van der Waals surface area (Å²) in [4.78, 5) is 16.4. The lowest BCUT2D eigenvalue weighted by Crippen LogP contribution is -2.15. The van der Waals surface area contributed by atoms with Gasteiger partial charge in [-0.15, -0.1) is 0 Å². The van der Waals surface area contributed by atoms with Crippen molar-refractivity contribution in [3.05, 3.63) is 52.1 Å². The molecule has 1 N–H and O–H groups in total. The molecule has 1 aromatic carbocycles. The van der Waals surface area contributed by atoms with Crippen molar-refractivity contribution in [3.8, 4) is 0 Å². The minimum Gasteiger partial charge on any atom is -0.310 e. The molecule has 1 amide bonds. The summed E-state index contributed by atoms with van der Waals surface area (Å²) in [5, 5.41) is 2.73. The van der Waals surface area contributed by atoms with Crippen LogP contribution in [0.15, 0.2) is 45.9 Å². The molecule has 0 saturated heterocycles. The van der Waals surface area contributed by atoms with Gasteiger partial charge in [-0.05, 0) is 52.2 Å². The van der Waals surface area contributed by atoms with Gasteiger partial charge >= 0.3 is 0 Å². The van der Waals surface area contributed by atoms with E-state index in [1.165, 1.54) is 12.1 Å². The number of sulfone groups is 1. The lowest BCUT2D eigenvalue weighted by molar-refractivity contribution is -0.115. The standard InChI is InChI=1S/C16H17BrN2O3S/c1-3-23(21,22)13-6-4-12(5-7-13)9-16(20)19-15-8-11(2)14(17)10-18-15/h4-8,10H,3,9H2,1-2H3,(H,18,19,20). The number of hydrogen-bond donors (Lipinski definition) is 1. The van der Waals surface area contributed by atoms with Crippen molar-refractivity contribution in [1.29, 1.82) is 0 Å². The Hall–Kier alpha value is -1.73. The first-order valence-electron chi connectivity index (χ1n) is 7.05. The van der Waals surface area contributed by atoms with Gasteiger partial charge in [0.05, 0.1) is 17.1 Å². The molecule has 0 aliphatic rings. The number of hydrogen-bond acceptors (Lipinski definition) is 4. The topological polar surface area (TPSA) is 76.1 Å². The van der Waals surface area contributed by atoms with E-state index in [0.717, 1.165) is 15.6 Å². The van der Waals surface area contributed by atoms with Crippen molar-refractivity contribution in [2.75, 3.05) is 11.1 Å². The summed E-state index contributed by atoms with van der Waals surface area (Å²) >= 11 is 3.35. The summed E-state index contributed by atoms with van der Waals surface area (Å²) in [5.41, 5.74) is 1.72. The van der Waals surface area contributed by atoms with Crippen LogP contribution in [0.4, 0.5) is 5.82 Å². The molecule has 0 aliphatic carbocycles. The normalized spacial score (nSPS) is 11.3. The van der Waals surface area contributed by atoms with Crippen LogP contribution >= 0.6 is 15.9 Å². The van der Waals surface area contributed by atoms with Gasteiger partial charge in [-0.25, -0.2) is 13.4 Å². The number of halogens is 1. The van der Waals surface area contributed by atoms with Gasteiger partial charge in [0.25, 0.3) is 0 Å². The van der Waals surface area contributed by atoms with Crippen LogP contribution < -0.4 is 5.32 Å². The lowest BCUT2D eigenvalue weighted by atomic mass is 10.1. The molecular weight excluding hydrogens is 380 g/mol. The molecule has 0 fully saturated rings. The zero-order chi connectivity index (χ0) is 17.0. The Morgan fingerprint density at radius 1 is 1.26 bits per heavy atom. The van der Waals surface area contributed by atoms with Gasteiger partial charge in [0.15, 0.2) is 9.84 Å². The SMILES string of the molecule is CCS(=O)(=O)c1ccc(CC(=O)Nc2cc(C)c(Br)cn2)cc1. The van der Waals surface area contributed by atoms with E-state index >= 15 is 0 Å². The van der Waals surface area contributed by atoms with E-state index in [1.54, 1.807) is 31.3 Å². The third kappa shape index (κ3) is 4.62. The first-order chi connectivity index (χ1) is 10.8. The van der Waals surface area contributed by atoms with Crippen molar-refractivity contribution in [1.82, 2.24) is 4.98 Å². The number of nitrogens with zero attached hydrogens (tertiary/aromatic N) is 1. The second-order valence-corrected chi connectivity index (χ2v) is 8.22. The molecule has 0 saturated carbocycles. The van der Waals surface area contributed by atoms with Crippen LogP contribution in [0.25, 0.3) is 0 Å². The van der Waals surface area contributed by atoms with Crippen LogP contribution in [0.5, 0.6) is 0 Å². The molecule has 0 spiro atoms. The summed E-state index contributed by atoms with van der Waals surface area (Å²) in [5.74, 6) is 0.340. The fraction of sp³-hybridized carbons (Fsp3) is 0.250. The molecular formula is C16H17BrN2O3S. The van der Waals surface area contributed by atoms with E-state index in [1.807, 2.05) is 6.92 Å². The predicted octanol–water partition coefficient (Wildman–Crippen LogP) is 3.13. The first-order valence-corrected chi connectivity index (χ1v) is 9.50. The number of amides is 1. The third-order valence-electron chi connectivity index (χ3n) is 3.34. The number of aryl methyl sites for hydroxylation is 1. The van der Waals surface area contributed by atoms with Gasteiger partial charge in [0.1, 0.15) is 5.82 Å². The summed E-state index contributed by atoms with van der Waals surface area (Å²) in [6.07, 6.45) is 1.79. The maximum atomic E-state index is 12.0. The van der Waals surface area contributed by atoms with Crippen LogP contribution in [-0.2, 0) is 21.1 Å². The average molecular weight is 397 g/mol. The highest BCUT2D eigenvalue weighted by molar-refractivity contribution is 9.10. The van der Waals surface area contributed by atoms with Gasteiger partial charge in [-0.1, -0.05) is 19.1 Å². The van der Waals surface area contributed by atoms with Gasteiger partial charge in [-0.3, -0.25) is 4.79 Å². The maximum Gasteiger partial charge on any atom is 0.229 e. The maximum absolute atomic E-state index is 12.0. The summed E-state index contributed by atoms with van der Waals surface area (Å²) < 4.78 is 24.4. The molecule has 5 nitrogen and oxygen atoms in total. The molecule has 2 rings (SSSR count). The van der Waals surface area contributed by atoms with Crippen molar-refractivity contribution >= 4 is 37.5 Å². The predicted molar refractivity (Wildman–Crippen MR) is 93.2 cm³/mol. The van der Waals surface area contributed by atoms with E-state index in [2.05, 4.69) is 26.2 Å². The van der Waals surface area contributed by atoms with Crippen molar-refractivity contribution in [2.45, 2.75) is 25.2 Å². The Kier molecular flexibility index (Phi) is 5.54. The number of carbonyl (C=O) groups is 1. The van der Waals surface area contributed by atoms with Crippen LogP contribution in [-0.4, -0.2) is 25.1 Å². The summed E-state index contributed by atoms with van der Waals surface area (Å²) in [6.45, 7) is 3.51. The number of pyridine rings is 1. The Balaban J connectivity index is 2.04. The second-order valence-electron chi connectivity index (χ2n) is 5.09. The van der Waals surface area contributed by atoms with Crippen LogP contribution in [0, 0.1) is 6.92 Å². The quantitative estimate of drug-likeness (QED) is 0.841. The fourth-order valence-electron chi connectivity index (χ4n) is 1.96. The van der Waals surface area contributed by atoms with Gasteiger partial charge < -0.3 is 5.32 Å². The van der Waals surface area contributed by atoms with Crippen molar-refractivity contribution in [3.63, 3.8) is 0 Å². The summed E-state index contributed by atoms with van der Waals surface area (Å²) in [7, 11) is -3.22. The van der Waals surface area contributed by atoms with E-state index in [-0.39, 0.29) is 23.0 Å². The fourth-order valence-corrected chi connectivity index (χ4v) is 3.06. The molecule has 122 valence electrons. The van der Waals surface area contributed by atoms with Crippen LogP contribution in [0.3, 0.4) is 0 Å². The highest BCUT2D eigenvalue weighted by Gasteiger charge is 2.12. The van der Waals surface area contributed by atoms with Crippen LogP contribution in [0.2, 0.25) is 0 Å². The van der Waals surface area contributed by atoms with Gasteiger partial charge in [-0.2, -0.15) is 0 Å². The van der Waals surface area contributed by atoms with Crippen molar-refractivity contribution in [2.24, 2.45) is 0 Å². The minimum absolute atomic E-state index is 0.0570. The Labute approximate surface area is 144 Å². The Morgan fingerprint density at radius 3 is 2.48 bits per heavy atom. The zero-order valence-electron chi connectivity index (χ0n) is 12.8. The highest BCUT2D eigenvalue weighted by atomic mass is 79.9. The molecule has 0 aliphatic heterocycles. The molecule has 2 aromatic rings. The largest absolute Gasteiger partial charge is 0.310 e. The molecule has 0 unspecified atom stereocenters. The Morgan fingerprint density at radius 2 is 1.91 bits per heavy atom. The van der Waals surface area contributed by atoms with Gasteiger partial charge in [0.2, 0.25) is 5.91 Å². The monoisotopic (exact) mass is 396 g/mol.